The normalized spacial score (nSPS) is 11.5. The first-order chi connectivity index (χ1) is 13.9. The van der Waals surface area contributed by atoms with Gasteiger partial charge < -0.3 is 0 Å². The number of fused-ring (bicyclic) bond motifs is 1. The number of unbranched alkanes of at least 4 members (excludes halogenated alkanes) is 1. The SMILES string of the molecule is CCCCc1ccc2nc(NNC(=O)CCS(=O)(=O)c3ccc(C)cc3)sc2c1. The Morgan fingerprint density at radius 2 is 1.90 bits per heavy atom. The van der Waals surface area contributed by atoms with E-state index in [1.54, 1.807) is 24.3 Å². The van der Waals surface area contributed by atoms with Crippen molar-refractivity contribution in [2.24, 2.45) is 0 Å². The third kappa shape index (κ3) is 5.77. The van der Waals surface area contributed by atoms with Crippen molar-refractivity contribution in [3.63, 3.8) is 0 Å². The molecule has 3 rings (SSSR count). The van der Waals surface area contributed by atoms with E-state index in [4.69, 9.17) is 0 Å². The number of carbonyl (C=O) groups excluding carboxylic acids is 1. The second-order valence-electron chi connectivity index (χ2n) is 6.98. The Morgan fingerprint density at radius 1 is 1.14 bits per heavy atom. The number of rotatable bonds is 9. The second kappa shape index (κ2) is 9.37. The number of anilines is 1. The highest BCUT2D eigenvalue weighted by atomic mass is 32.2. The number of amides is 1. The first-order valence-electron chi connectivity index (χ1n) is 9.61. The van der Waals surface area contributed by atoms with Gasteiger partial charge in [0.05, 0.1) is 20.9 Å². The average Bonchev–Trinajstić information content (AvgIpc) is 3.11. The molecule has 0 fully saturated rings. The van der Waals surface area contributed by atoms with Crippen molar-refractivity contribution in [3.8, 4) is 0 Å². The average molecular weight is 432 g/mol. The third-order valence-electron chi connectivity index (χ3n) is 4.56. The van der Waals surface area contributed by atoms with Crippen molar-refractivity contribution < 1.29 is 13.2 Å². The molecule has 0 spiro atoms. The number of carbonyl (C=O) groups is 1. The molecule has 0 saturated carbocycles. The molecule has 2 aromatic carbocycles. The number of nitrogens with one attached hydrogen (secondary N) is 2. The van der Waals surface area contributed by atoms with Gasteiger partial charge >= 0.3 is 0 Å². The van der Waals surface area contributed by atoms with E-state index in [0.29, 0.717) is 5.13 Å². The predicted octanol–water partition coefficient (Wildman–Crippen LogP) is 4.25. The molecule has 0 saturated heterocycles. The summed E-state index contributed by atoms with van der Waals surface area (Å²) in [5, 5.41) is 0.572. The number of sulfone groups is 1. The standard InChI is InChI=1S/C21H25N3O3S2/c1-3-4-5-16-8-11-18-19(14-16)28-21(22-18)24-23-20(25)12-13-29(26,27)17-9-6-15(2)7-10-17/h6-11,14H,3-5,12-13H2,1-2H3,(H,22,24)(H,23,25). The fourth-order valence-electron chi connectivity index (χ4n) is 2.84. The summed E-state index contributed by atoms with van der Waals surface area (Å²) in [4.78, 5) is 16.8. The maximum atomic E-state index is 12.3. The molecule has 0 radical (unpaired) electrons. The van der Waals surface area contributed by atoms with E-state index in [2.05, 4.69) is 34.9 Å². The summed E-state index contributed by atoms with van der Waals surface area (Å²) in [6.45, 7) is 4.06. The Hall–Kier alpha value is -2.45. The summed E-state index contributed by atoms with van der Waals surface area (Å²) >= 11 is 1.45. The van der Waals surface area contributed by atoms with E-state index in [1.807, 2.05) is 13.0 Å². The summed E-state index contributed by atoms with van der Waals surface area (Å²) < 4.78 is 25.7. The Kier molecular flexibility index (Phi) is 6.87. The minimum atomic E-state index is -3.49. The first-order valence-corrected chi connectivity index (χ1v) is 12.1. The highest BCUT2D eigenvalue weighted by Gasteiger charge is 2.16. The van der Waals surface area contributed by atoms with Gasteiger partial charge in [0.25, 0.3) is 0 Å². The second-order valence-corrected chi connectivity index (χ2v) is 10.1. The summed E-state index contributed by atoms with van der Waals surface area (Å²) in [5.74, 6) is -0.645. The van der Waals surface area contributed by atoms with Gasteiger partial charge in [-0.2, -0.15) is 0 Å². The van der Waals surface area contributed by atoms with Crippen LogP contribution in [0.25, 0.3) is 10.2 Å². The lowest BCUT2D eigenvalue weighted by molar-refractivity contribution is -0.120. The number of hydrogen-bond donors (Lipinski definition) is 2. The molecular formula is C21H25N3O3S2. The van der Waals surface area contributed by atoms with Crippen molar-refractivity contribution in [2.75, 3.05) is 11.2 Å². The summed E-state index contributed by atoms with van der Waals surface area (Å²) in [5.41, 5.74) is 8.46. The van der Waals surface area contributed by atoms with Crippen molar-refractivity contribution in [2.45, 2.75) is 44.4 Å². The van der Waals surface area contributed by atoms with Gasteiger partial charge in [0.2, 0.25) is 11.0 Å². The Labute approximate surface area is 175 Å². The van der Waals surface area contributed by atoms with Gasteiger partial charge in [-0.3, -0.25) is 15.6 Å². The Bertz CT molecular complexity index is 1090. The molecule has 0 aliphatic heterocycles. The molecule has 8 heteroatoms. The molecule has 29 heavy (non-hydrogen) atoms. The molecule has 2 N–H and O–H groups in total. The lowest BCUT2D eigenvalue weighted by atomic mass is 10.1. The molecule has 1 aromatic heterocycles. The Balaban J connectivity index is 1.54. The summed E-state index contributed by atoms with van der Waals surface area (Å²) in [6.07, 6.45) is 3.21. The zero-order chi connectivity index (χ0) is 20.9. The molecule has 0 aliphatic rings. The van der Waals surface area contributed by atoms with E-state index >= 15 is 0 Å². The maximum absolute atomic E-state index is 12.3. The van der Waals surface area contributed by atoms with Crippen molar-refractivity contribution in [1.29, 1.82) is 0 Å². The smallest absolute Gasteiger partial charge is 0.239 e. The largest absolute Gasteiger partial charge is 0.273 e. The lowest BCUT2D eigenvalue weighted by Gasteiger charge is -2.07. The van der Waals surface area contributed by atoms with Gasteiger partial charge in [-0.05, 0) is 49.6 Å². The summed E-state index contributed by atoms with van der Waals surface area (Å²) in [7, 11) is -3.49. The van der Waals surface area contributed by atoms with Crippen LogP contribution < -0.4 is 10.9 Å². The molecule has 6 nitrogen and oxygen atoms in total. The van der Waals surface area contributed by atoms with Gasteiger partial charge in [-0.25, -0.2) is 13.4 Å². The van der Waals surface area contributed by atoms with Crippen LogP contribution in [0.15, 0.2) is 47.4 Å². The molecule has 3 aromatic rings. The van der Waals surface area contributed by atoms with Crippen molar-refractivity contribution in [1.82, 2.24) is 10.4 Å². The van der Waals surface area contributed by atoms with E-state index < -0.39 is 15.7 Å². The molecule has 0 bridgehead atoms. The molecule has 0 aliphatic carbocycles. The molecule has 0 atom stereocenters. The van der Waals surface area contributed by atoms with Crippen LogP contribution in [0.5, 0.6) is 0 Å². The maximum Gasteiger partial charge on any atom is 0.239 e. The van der Waals surface area contributed by atoms with Gasteiger partial charge in [0, 0.05) is 6.42 Å². The van der Waals surface area contributed by atoms with Gasteiger partial charge in [-0.1, -0.05) is 48.4 Å². The first kappa shape index (κ1) is 21.3. The monoisotopic (exact) mass is 431 g/mol. The van der Waals surface area contributed by atoms with Gasteiger partial charge in [0.1, 0.15) is 0 Å². The van der Waals surface area contributed by atoms with Crippen LogP contribution in [0.3, 0.4) is 0 Å². The van der Waals surface area contributed by atoms with E-state index in [1.165, 1.54) is 16.9 Å². The number of aromatic nitrogens is 1. The third-order valence-corrected chi connectivity index (χ3v) is 7.22. The van der Waals surface area contributed by atoms with E-state index in [9.17, 15) is 13.2 Å². The van der Waals surface area contributed by atoms with Crippen LogP contribution >= 0.6 is 11.3 Å². The van der Waals surface area contributed by atoms with Crippen LogP contribution in [-0.4, -0.2) is 25.1 Å². The Morgan fingerprint density at radius 3 is 2.62 bits per heavy atom. The van der Waals surface area contributed by atoms with E-state index in [-0.39, 0.29) is 17.1 Å². The molecule has 154 valence electrons. The van der Waals surface area contributed by atoms with Gasteiger partial charge in [0.15, 0.2) is 9.84 Å². The molecule has 0 unspecified atom stereocenters. The zero-order valence-electron chi connectivity index (χ0n) is 16.6. The number of benzene rings is 2. The van der Waals surface area contributed by atoms with Crippen molar-refractivity contribution in [3.05, 3.63) is 53.6 Å². The number of nitrogens with zero attached hydrogens (tertiary/aromatic N) is 1. The predicted molar refractivity (Wildman–Crippen MR) is 118 cm³/mol. The quantitative estimate of drug-likeness (QED) is 0.495. The summed E-state index contributed by atoms with van der Waals surface area (Å²) in [6, 6.07) is 12.8. The van der Waals surface area contributed by atoms with Crippen LogP contribution in [0.4, 0.5) is 5.13 Å². The topological polar surface area (TPSA) is 88.2 Å². The lowest BCUT2D eigenvalue weighted by Crippen LogP contribution is -2.30. The fraction of sp³-hybridized carbons (Fsp3) is 0.333. The zero-order valence-corrected chi connectivity index (χ0v) is 18.2. The minimum absolute atomic E-state index is 0.130. The number of thiazole rings is 1. The highest BCUT2D eigenvalue weighted by molar-refractivity contribution is 7.91. The molecule has 1 heterocycles. The molecular weight excluding hydrogens is 406 g/mol. The fourth-order valence-corrected chi connectivity index (χ4v) is 4.96. The van der Waals surface area contributed by atoms with E-state index in [0.717, 1.165) is 35.0 Å². The number of hydrogen-bond acceptors (Lipinski definition) is 6. The minimum Gasteiger partial charge on any atom is -0.273 e. The van der Waals surface area contributed by atoms with Crippen LogP contribution in [-0.2, 0) is 21.1 Å². The van der Waals surface area contributed by atoms with Crippen LogP contribution in [0.1, 0.15) is 37.3 Å². The number of hydrazine groups is 1. The van der Waals surface area contributed by atoms with Gasteiger partial charge in [-0.15, -0.1) is 0 Å². The molecule has 1 amide bonds. The van der Waals surface area contributed by atoms with Crippen molar-refractivity contribution >= 4 is 42.4 Å². The highest BCUT2D eigenvalue weighted by Crippen LogP contribution is 2.27. The van der Waals surface area contributed by atoms with Crippen LogP contribution in [0, 0.1) is 6.92 Å². The number of aryl methyl sites for hydroxylation is 2. The van der Waals surface area contributed by atoms with Crippen LogP contribution in [0.2, 0.25) is 0 Å².